The lowest BCUT2D eigenvalue weighted by molar-refractivity contribution is -0.192. The van der Waals surface area contributed by atoms with E-state index >= 15 is 0 Å². The minimum atomic E-state index is -5.08. The van der Waals surface area contributed by atoms with Gasteiger partial charge in [-0.3, -0.25) is 0 Å². The number of aliphatic carboxylic acids is 1. The summed E-state index contributed by atoms with van der Waals surface area (Å²) in [5.41, 5.74) is 6.95. The predicted octanol–water partition coefficient (Wildman–Crippen LogP) is 2.82. The van der Waals surface area contributed by atoms with E-state index in [9.17, 15) is 18.0 Å². The summed E-state index contributed by atoms with van der Waals surface area (Å²) in [4.78, 5) is 20.5. The van der Waals surface area contributed by atoms with Gasteiger partial charge in [0.1, 0.15) is 6.61 Å². The van der Waals surface area contributed by atoms with E-state index in [1.165, 1.54) is 0 Å². The van der Waals surface area contributed by atoms with Crippen molar-refractivity contribution in [2.24, 2.45) is 5.73 Å². The zero-order valence-corrected chi connectivity index (χ0v) is 13.5. The number of hydrogen-bond acceptors (Lipinski definition) is 4. The number of halogens is 3. The molecule has 0 heterocycles. The number of amides is 1. The van der Waals surface area contributed by atoms with Crippen molar-refractivity contribution in [1.29, 1.82) is 0 Å². The molecule has 4 N–H and O–H groups in total. The Balaban J connectivity index is 0.000000381. The molecule has 0 saturated heterocycles. The first-order valence-corrected chi connectivity index (χ1v) is 7.73. The van der Waals surface area contributed by atoms with Gasteiger partial charge in [0.25, 0.3) is 0 Å². The van der Waals surface area contributed by atoms with Gasteiger partial charge in [0.15, 0.2) is 0 Å². The summed E-state index contributed by atoms with van der Waals surface area (Å²) in [5.74, 6) is -2.76. The third-order valence-electron chi connectivity index (χ3n) is 3.58. The SMILES string of the molecule is NC1CCCCC1NC(=O)OCc1ccccc1.O=C(O)C(F)(F)F. The average molecular weight is 362 g/mol. The number of ether oxygens (including phenoxy) is 1. The van der Waals surface area contributed by atoms with Crippen LogP contribution in [0, 0.1) is 0 Å². The molecular formula is C16H21F3N2O4. The fourth-order valence-corrected chi connectivity index (χ4v) is 2.25. The highest BCUT2D eigenvalue weighted by atomic mass is 19.4. The van der Waals surface area contributed by atoms with E-state index in [1.54, 1.807) is 0 Å². The van der Waals surface area contributed by atoms with Crippen LogP contribution >= 0.6 is 0 Å². The van der Waals surface area contributed by atoms with Gasteiger partial charge in [-0.1, -0.05) is 43.2 Å². The van der Waals surface area contributed by atoms with Crippen LogP contribution in [-0.4, -0.2) is 35.4 Å². The Hall–Kier alpha value is -2.29. The monoisotopic (exact) mass is 362 g/mol. The lowest BCUT2D eigenvalue weighted by atomic mass is 9.91. The second kappa shape index (κ2) is 9.87. The molecule has 0 spiro atoms. The van der Waals surface area contributed by atoms with Gasteiger partial charge in [-0.05, 0) is 18.4 Å². The second-order valence-electron chi connectivity index (χ2n) is 5.56. The first-order valence-electron chi connectivity index (χ1n) is 7.73. The number of nitrogens with two attached hydrogens (primary N) is 1. The van der Waals surface area contributed by atoms with Crippen LogP contribution in [-0.2, 0) is 16.1 Å². The third-order valence-corrected chi connectivity index (χ3v) is 3.58. The molecule has 2 atom stereocenters. The summed E-state index contributed by atoms with van der Waals surface area (Å²) in [6.07, 6.45) is -1.26. The first-order chi connectivity index (χ1) is 11.7. The molecule has 25 heavy (non-hydrogen) atoms. The summed E-state index contributed by atoms with van der Waals surface area (Å²) in [6, 6.07) is 9.76. The molecule has 1 fully saturated rings. The standard InChI is InChI=1S/C14H20N2O2.C2HF3O2/c15-12-8-4-5-9-13(12)16-14(17)18-10-11-6-2-1-3-7-11;3-2(4,5)1(6)7/h1-3,6-7,12-13H,4-5,8-10,15H2,(H,16,17);(H,6,7). The minimum Gasteiger partial charge on any atom is -0.475 e. The maximum absolute atomic E-state index is 11.6. The van der Waals surface area contributed by atoms with Crippen molar-refractivity contribution in [3.63, 3.8) is 0 Å². The zero-order valence-electron chi connectivity index (χ0n) is 13.5. The highest BCUT2D eigenvalue weighted by Crippen LogP contribution is 2.17. The Morgan fingerprint density at radius 2 is 1.76 bits per heavy atom. The zero-order chi connectivity index (χ0) is 18.9. The predicted molar refractivity (Wildman–Crippen MR) is 83.7 cm³/mol. The van der Waals surface area contributed by atoms with Crippen molar-refractivity contribution >= 4 is 12.1 Å². The van der Waals surface area contributed by atoms with Gasteiger partial charge < -0.3 is 20.9 Å². The average Bonchev–Trinajstić information content (AvgIpc) is 2.56. The number of alkyl carbamates (subject to hydrolysis) is 1. The van der Waals surface area contributed by atoms with Gasteiger partial charge in [0.05, 0.1) is 0 Å². The van der Waals surface area contributed by atoms with Crippen molar-refractivity contribution in [2.75, 3.05) is 0 Å². The number of alkyl halides is 3. The van der Waals surface area contributed by atoms with Crippen LogP contribution in [0.25, 0.3) is 0 Å². The van der Waals surface area contributed by atoms with Gasteiger partial charge in [-0.15, -0.1) is 0 Å². The Bertz CT molecular complexity index is 552. The molecule has 1 amide bonds. The highest BCUT2D eigenvalue weighted by Gasteiger charge is 2.38. The van der Waals surface area contributed by atoms with Gasteiger partial charge in [-0.25, -0.2) is 9.59 Å². The third kappa shape index (κ3) is 8.39. The van der Waals surface area contributed by atoms with Crippen molar-refractivity contribution < 1.29 is 32.6 Å². The van der Waals surface area contributed by atoms with Crippen molar-refractivity contribution in [1.82, 2.24) is 5.32 Å². The van der Waals surface area contributed by atoms with Gasteiger partial charge in [0.2, 0.25) is 0 Å². The van der Waals surface area contributed by atoms with Crippen LogP contribution in [0.2, 0.25) is 0 Å². The van der Waals surface area contributed by atoms with E-state index in [0.29, 0.717) is 6.61 Å². The maximum Gasteiger partial charge on any atom is 0.490 e. The van der Waals surface area contributed by atoms with Gasteiger partial charge in [0, 0.05) is 12.1 Å². The molecule has 1 aromatic rings. The molecule has 2 unspecified atom stereocenters. The fraction of sp³-hybridized carbons (Fsp3) is 0.500. The van der Waals surface area contributed by atoms with E-state index in [4.69, 9.17) is 20.4 Å². The second-order valence-corrected chi connectivity index (χ2v) is 5.56. The molecule has 1 aliphatic rings. The normalized spacial score (nSPS) is 20.0. The number of carbonyl (C=O) groups excluding carboxylic acids is 1. The van der Waals surface area contributed by atoms with Crippen molar-refractivity contribution in [3.8, 4) is 0 Å². The van der Waals surface area contributed by atoms with Crippen LogP contribution in [0.3, 0.4) is 0 Å². The Morgan fingerprint density at radius 3 is 2.28 bits per heavy atom. The molecule has 140 valence electrons. The molecule has 1 saturated carbocycles. The number of rotatable bonds is 3. The fourth-order valence-electron chi connectivity index (χ4n) is 2.25. The first kappa shape index (κ1) is 20.8. The molecular weight excluding hydrogens is 341 g/mol. The summed E-state index contributed by atoms with van der Waals surface area (Å²) in [7, 11) is 0. The number of carboxylic acid groups (broad SMARTS) is 1. The van der Waals surface area contributed by atoms with Gasteiger partial charge >= 0.3 is 18.2 Å². The Kier molecular flexibility index (Phi) is 8.20. The Labute approximate surface area is 143 Å². The van der Waals surface area contributed by atoms with Crippen LogP contribution in [0.4, 0.5) is 18.0 Å². The molecule has 6 nitrogen and oxygen atoms in total. The summed E-state index contributed by atoms with van der Waals surface area (Å²) in [5, 5.41) is 9.98. The molecule has 0 aliphatic heterocycles. The van der Waals surface area contributed by atoms with Crippen molar-refractivity contribution in [2.45, 2.75) is 50.6 Å². The number of carboxylic acids is 1. The highest BCUT2D eigenvalue weighted by molar-refractivity contribution is 5.73. The van der Waals surface area contributed by atoms with E-state index in [2.05, 4.69) is 5.32 Å². The Morgan fingerprint density at radius 1 is 1.20 bits per heavy atom. The van der Waals surface area contributed by atoms with Gasteiger partial charge in [-0.2, -0.15) is 13.2 Å². The number of carbonyl (C=O) groups is 2. The quantitative estimate of drug-likeness (QED) is 0.767. The van der Waals surface area contributed by atoms with Crippen LogP contribution < -0.4 is 11.1 Å². The van der Waals surface area contributed by atoms with E-state index in [1.807, 2.05) is 30.3 Å². The number of hydrogen-bond donors (Lipinski definition) is 3. The largest absolute Gasteiger partial charge is 0.490 e. The topological polar surface area (TPSA) is 102 Å². The van der Waals surface area contributed by atoms with Crippen molar-refractivity contribution in [3.05, 3.63) is 35.9 Å². The molecule has 0 radical (unpaired) electrons. The molecule has 0 aromatic heterocycles. The molecule has 9 heteroatoms. The minimum absolute atomic E-state index is 0.0574. The smallest absolute Gasteiger partial charge is 0.475 e. The van der Waals surface area contributed by atoms with Crippen LogP contribution in [0.1, 0.15) is 31.2 Å². The van der Waals surface area contributed by atoms with E-state index in [0.717, 1.165) is 31.2 Å². The van der Waals surface area contributed by atoms with E-state index < -0.39 is 12.1 Å². The maximum atomic E-state index is 11.6. The van der Waals surface area contributed by atoms with Crippen LogP contribution in [0.15, 0.2) is 30.3 Å². The number of benzene rings is 1. The lowest BCUT2D eigenvalue weighted by Crippen LogP contribution is -2.49. The molecule has 0 bridgehead atoms. The summed E-state index contributed by atoms with van der Waals surface area (Å²) >= 11 is 0. The van der Waals surface area contributed by atoms with Crippen LogP contribution in [0.5, 0.6) is 0 Å². The molecule has 1 aliphatic carbocycles. The summed E-state index contributed by atoms with van der Waals surface area (Å²) < 4.78 is 36.9. The summed E-state index contributed by atoms with van der Waals surface area (Å²) in [6.45, 7) is 0.300. The lowest BCUT2D eigenvalue weighted by Gasteiger charge is -2.28. The molecule has 1 aromatic carbocycles. The number of nitrogens with one attached hydrogen (secondary N) is 1. The molecule has 2 rings (SSSR count). The van der Waals surface area contributed by atoms with E-state index in [-0.39, 0.29) is 18.2 Å².